The summed E-state index contributed by atoms with van der Waals surface area (Å²) in [5, 5.41) is 10.4. The number of nitrogens with zero attached hydrogens (tertiary/aromatic N) is 4. The molecular weight excluding hydrogens is 408 g/mol. The Balaban J connectivity index is 1.53. The molecule has 0 fully saturated rings. The average Bonchev–Trinajstić information content (AvgIpc) is 3.18. The molecule has 0 aliphatic heterocycles. The van der Waals surface area contributed by atoms with Crippen LogP contribution in [0.15, 0.2) is 71.6 Å². The van der Waals surface area contributed by atoms with Crippen molar-refractivity contribution in [2.75, 3.05) is 10.6 Å². The molecule has 0 saturated carbocycles. The Hall–Kier alpha value is -3.26. The number of halogens is 1. The maximum absolute atomic E-state index is 12.7. The van der Waals surface area contributed by atoms with Crippen molar-refractivity contribution in [1.82, 2.24) is 19.6 Å². The van der Waals surface area contributed by atoms with Gasteiger partial charge in [-0.2, -0.15) is 5.10 Å². The largest absolute Gasteiger partial charge is 0.364 e. The topological polar surface area (TPSA) is 84.2 Å². The Kier molecular flexibility index (Phi) is 4.80. The van der Waals surface area contributed by atoms with Crippen LogP contribution in [-0.4, -0.2) is 25.5 Å². The van der Waals surface area contributed by atoms with Crippen molar-refractivity contribution in [3.8, 4) is 0 Å². The lowest BCUT2D eigenvalue weighted by Gasteiger charge is -2.12. The lowest BCUT2D eigenvalue weighted by molar-refractivity contribution is 0.102. The molecular formula is C19H15BrN6O. The molecule has 2 N–H and O–H groups in total. The van der Waals surface area contributed by atoms with E-state index in [-0.39, 0.29) is 5.91 Å². The van der Waals surface area contributed by atoms with Gasteiger partial charge in [0, 0.05) is 28.6 Å². The smallest absolute Gasteiger partial charge is 0.259 e. The number of carbonyl (C=O) groups excluding carboxylic acids is 1. The monoisotopic (exact) mass is 422 g/mol. The Labute approximate surface area is 163 Å². The van der Waals surface area contributed by atoms with Crippen LogP contribution >= 0.6 is 15.9 Å². The fraction of sp³-hybridized carbons (Fsp3) is 0.0526. The quantitative estimate of drug-likeness (QED) is 0.511. The van der Waals surface area contributed by atoms with Crippen LogP contribution in [0.4, 0.5) is 11.5 Å². The predicted octanol–water partition coefficient (Wildman–Crippen LogP) is 3.75. The Morgan fingerprint density at radius 2 is 1.85 bits per heavy atom. The average molecular weight is 423 g/mol. The molecule has 8 heteroatoms. The molecule has 1 aromatic carbocycles. The zero-order valence-corrected chi connectivity index (χ0v) is 15.7. The number of amides is 1. The minimum absolute atomic E-state index is 0.230. The van der Waals surface area contributed by atoms with Gasteiger partial charge in [0.2, 0.25) is 0 Å². The van der Waals surface area contributed by atoms with Gasteiger partial charge in [0.25, 0.3) is 5.91 Å². The molecule has 0 atom stereocenters. The summed E-state index contributed by atoms with van der Waals surface area (Å²) in [5.74, 6) is 0.274. The van der Waals surface area contributed by atoms with Crippen LogP contribution in [0.25, 0.3) is 5.65 Å². The number of nitrogens with one attached hydrogen (secondary N) is 2. The summed E-state index contributed by atoms with van der Waals surface area (Å²) >= 11 is 3.38. The first-order valence-electron chi connectivity index (χ1n) is 8.24. The second kappa shape index (κ2) is 7.55. The third-order valence-corrected chi connectivity index (χ3v) is 4.49. The fourth-order valence-electron chi connectivity index (χ4n) is 2.65. The summed E-state index contributed by atoms with van der Waals surface area (Å²) in [6.45, 7) is 0.455. The highest BCUT2D eigenvalue weighted by molar-refractivity contribution is 9.10. The van der Waals surface area contributed by atoms with Crippen molar-refractivity contribution < 1.29 is 4.79 Å². The minimum Gasteiger partial charge on any atom is -0.364 e. The van der Waals surface area contributed by atoms with Crippen LogP contribution in [0.1, 0.15) is 16.1 Å². The summed E-state index contributed by atoms with van der Waals surface area (Å²) in [4.78, 5) is 21.2. The predicted molar refractivity (Wildman–Crippen MR) is 107 cm³/mol. The van der Waals surface area contributed by atoms with Crippen molar-refractivity contribution >= 4 is 39.0 Å². The number of hydrogen-bond donors (Lipinski definition) is 2. The Morgan fingerprint density at radius 3 is 2.70 bits per heavy atom. The maximum atomic E-state index is 12.7. The van der Waals surface area contributed by atoms with Gasteiger partial charge in [0.05, 0.1) is 24.0 Å². The van der Waals surface area contributed by atoms with E-state index >= 15 is 0 Å². The number of pyridine rings is 1. The third kappa shape index (κ3) is 3.80. The number of hydrogen-bond acceptors (Lipinski definition) is 5. The van der Waals surface area contributed by atoms with Gasteiger partial charge >= 0.3 is 0 Å². The third-order valence-electron chi connectivity index (χ3n) is 3.96. The van der Waals surface area contributed by atoms with Crippen LogP contribution in [0.3, 0.4) is 0 Å². The van der Waals surface area contributed by atoms with Crippen molar-refractivity contribution in [2.24, 2.45) is 0 Å². The van der Waals surface area contributed by atoms with Crippen LogP contribution in [-0.2, 0) is 6.54 Å². The van der Waals surface area contributed by atoms with Crippen molar-refractivity contribution in [2.45, 2.75) is 6.54 Å². The molecule has 3 aromatic heterocycles. The molecule has 0 bridgehead atoms. The number of anilines is 2. The van der Waals surface area contributed by atoms with Gasteiger partial charge in [-0.3, -0.25) is 4.79 Å². The van der Waals surface area contributed by atoms with Gasteiger partial charge in [-0.15, -0.1) is 0 Å². The molecule has 7 nitrogen and oxygen atoms in total. The van der Waals surface area contributed by atoms with E-state index < -0.39 is 0 Å². The van der Waals surface area contributed by atoms with Crippen LogP contribution in [0.5, 0.6) is 0 Å². The molecule has 1 amide bonds. The Bertz CT molecular complexity index is 1090. The molecule has 0 spiro atoms. The van der Waals surface area contributed by atoms with E-state index in [1.807, 2.05) is 36.4 Å². The van der Waals surface area contributed by atoms with Gasteiger partial charge in [0.15, 0.2) is 5.65 Å². The molecule has 0 unspecified atom stereocenters. The molecule has 0 aliphatic rings. The first-order valence-corrected chi connectivity index (χ1v) is 9.03. The van der Waals surface area contributed by atoms with Crippen LogP contribution < -0.4 is 10.6 Å². The number of carbonyl (C=O) groups is 1. The molecule has 0 radical (unpaired) electrons. The van der Waals surface area contributed by atoms with E-state index in [4.69, 9.17) is 0 Å². The fourth-order valence-corrected chi connectivity index (χ4v) is 2.92. The molecule has 0 aliphatic carbocycles. The van der Waals surface area contributed by atoms with E-state index in [1.165, 1.54) is 0 Å². The van der Waals surface area contributed by atoms with E-state index in [1.54, 1.807) is 35.2 Å². The van der Waals surface area contributed by atoms with Crippen molar-refractivity contribution in [3.05, 3.63) is 82.9 Å². The number of fused-ring (bicyclic) bond motifs is 1. The molecule has 134 valence electrons. The summed E-state index contributed by atoms with van der Waals surface area (Å²) in [7, 11) is 0. The maximum Gasteiger partial charge on any atom is 0.259 e. The SMILES string of the molecule is O=C(Nc1ccc(Br)cc1)c1cccnc1NCc1ccnc2ccnn12. The summed E-state index contributed by atoms with van der Waals surface area (Å²) in [6, 6.07) is 14.6. The van der Waals surface area contributed by atoms with Crippen LogP contribution in [0, 0.1) is 0 Å². The highest BCUT2D eigenvalue weighted by atomic mass is 79.9. The first-order chi connectivity index (χ1) is 13.2. The van der Waals surface area contributed by atoms with Crippen molar-refractivity contribution in [1.29, 1.82) is 0 Å². The second-order valence-electron chi connectivity index (χ2n) is 5.75. The normalized spacial score (nSPS) is 10.7. The Morgan fingerprint density at radius 1 is 1.00 bits per heavy atom. The van der Waals surface area contributed by atoms with Crippen molar-refractivity contribution in [3.63, 3.8) is 0 Å². The lowest BCUT2D eigenvalue weighted by atomic mass is 10.2. The van der Waals surface area contributed by atoms with E-state index in [9.17, 15) is 4.79 Å². The number of aromatic nitrogens is 4. The van der Waals surface area contributed by atoms with E-state index in [2.05, 4.69) is 41.6 Å². The van der Waals surface area contributed by atoms with Gasteiger partial charge in [-0.05, 0) is 42.5 Å². The molecule has 0 saturated heterocycles. The standard InChI is InChI=1S/C19H15BrN6O/c20-13-3-5-14(6-4-13)25-19(27)16-2-1-9-22-18(16)23-12-15-7-10-21-17-8-11-24-26(15)17/h1-11H,12H2,(H,22,23)(H,25,27). The molecule has 4 rings (SSSR count). The highest BCUT2D eigenvalue weighted by Crippen LogP contribution is 2.18. The highest BCUT2D eigenvalue weighted by Gasteiger charge is 2.13. The summed E-state index contributed by atoms with van der Waals surface area (Å²) in [6.07, 6.45) is 5.08. The molecule has 27 heavy (non-hydrogen) atoms. The molecule has 3 heterocycles. The van der Waals surface area contributed by atoms with Gasteiger partial charge in [0.1, 0.15) is 5.82 Å². The summed E-state index contributed by atoms with van der Waals surface area (Å²) in [5.41, 5.74) is 2.86. The second-order valence-corrected chi connectivity index (χ2v) is 6.67. The number of benzene rings is 1. The minimum atomic E-state index is -0.230. The first kappa shape index (κ1) is 17.2. The lowest BCUT2D eigenvalue weighted by Crippen LogP contribution is -2.16. The molecule has 4 aromatic rings. The number of rotatable bonds is 5. The van der Waals surface area contributed by atoms with Gasteiger partial charge in [-0.1, -0.05) is 15.9 Å². The summed E-state index contributed by atoms with van der Waals surface area (Å²) < 4.78 is 2.70. The van der Waals surface area contributed by atoms with Gasteiger partial charge in [-0.25, -0.2) is 14.5 Å². The van der Waals surface area contributed by atoms with Crippen LogP contribution in [0.2, 0.25) is 0 Å². The zero-order valence-electron chi connectivity index (χ0n) is 14.1. The van der Waals surface area contributed by atoms with Gasteiger partial charge < -0.3 is 10.6 Å². The van der Waals surface area contributed by atoms with E-state index in [0.717, 1.165) is 15.8 Å². The van der Waals surface area contributed by atoms with E-state index in [0.29, 0.717) is 23.6 Å². The zero-order chi connectivity index (χ0) is 18.6.